The topological polar surface area (TPSA) is 65.1 Å². The van der Waals surface area contributed by atoms with Crippen molar-refractivity contribution in [3.8, 4) is 0 Å². The Labute approximate surface area is 114 Å². The quantitative estimate of drug-likeness (QED) is 0.879. The van der Waals surface area contributed by atoms with Crippen molar-refractivity contribution in [3.05, 3.63) is 11.4 Å². The van der Waals surface area contributed by atoms with Gasteiger partial charge in [0.05, 0.1) is 5.69 Å². The Bertz CT molecular complexity index is 442. The Hall–Kier alpha value is -1.43. The SMILES string of the molecule is Cc1n[nH]nc1C(=O)N(C)C[C@@H]1CCN(C(C)C)C1. The molecule has 1 aromatic heterocycles. The van der Waals surface area contributed by atoms with Crippen molar-refractivity contribution in [2.75, 3.05) is 26.7 Å². The molecular weight excluding hydrogens is 242 g/mol. The average Bonchev–Trinajstić information content (AvgIpc) is 2.97. The molecule has 1 fully saturated rings. The third kappa shape index (κ3) is 3.12. The normalized spacial score (nSPS) is 20.2. The van der Waals surface area contributed by atoms with Gasteiger partial charge < -0.3 is 9.80 Å². The Morgan fingerprint density at radius 2 is 2.26 bits per heavy atom. The Morgan fingerprint density at radius 3 is 2.79 bits per heavy atom. The highest BCUT2D eigenvalue weighted by Gasteiger charge is 2.27. The molecule has 6 heteroatoms. The van der Waals surface area contributed by atoms with E-state index in [9.17, 15) is 4.79 Å². The van der Waals surface area contributed by atoms with E-state index in [1.807, 2.05) is 7.05 Å². The average molecular weight is 265 g/mol. The lowest BCUT2D eigenvalue weighted by atomic mass is 10.1. The molecule has 106 valence electrons. The van der Waals surface area contributed by atoms with Crippen LogP contribution < -0.4 is 0 Å². The Morgan fingerprint density at radius 1 is 1.53 bits per heavy atom. The molecule has 1 amide bonds. The van der Waals surface area contributed by atoms with E-state index >= 15 is 0 Å². The number of aromatic nitrogens is 3. The number of aromatic amines is 1. The van der Waals surface area contributed by atoms with Crippen molar-refractivity contribution in [2.24, 2.45) is 5.92 Å². The molecule has 0 unspecified atom stereocenters. The van der Waals surface area contributed by atoms with Crippen LogP contribution in [0.3, 0.4) is 0 Å². The Balaban J connectivity index is 1.90. The fourth-order valence-corrected chi connectivity index (χ4v) is 2.62. The fraction of sp³-hybridized carbons (Fsp3) is 0.769. The number of aryl methyl sites for hydroxylation is 1. The summed E-state index contributed by atoms with van der Waals surface area (Å²) in [5.41, 5.74) is 1.09. The first-order valence-corrected chi connectivity index (χ1v) is 6.86. The van der Waals surface area contributed by atoms with Gasteiger partial charge in [0.2, 0.25) is 0 Å². The highest BCUT2D eigenvalue weighted by atomic mass is 16.2. The van der Waals surface area contributed by atoms with Crippen LogP contribution >= 0.6 is 0 Å². The van der Waals surface area contributed by atoms with E-state index in [4.69, 9.17) is 0 Å². The summed E-state index contributed by atoms with van der Waals surface area (Å²) in [7, 11) is 1.84. The highest BCUT2D eigenvalue weighted by molar-refractivity contribution is 5.92. The molecule has 0 bridgehead atoms. The Kier molecular flexibility index (Phi) is 4.19. The predicted molar refractivity (Wildman–Crippen MR) is 72.9 cm³/mol. The molecule has 0 radical (unpaired) electrons. The number of hydrogen-bond acceptors (Lipinski definition) is 4. The number of H-pyrrole nitrogens is 1. The van der Waals surface area contributed by atoms with Gasteiger partial charge in [-0.05, 0) is 39.7 Å². The highest BCUT2D eigenvalue weighted by Crippen LogP contribution is 2.19. The van der Waals surface area contributed by atoms with E-state index in [1.54, 1.807) is 11.8 Å². The number of rotatable bonds is 4. The van der Waals surface area contributed by atoms with E-state index in [1.165, 1.54) is 0 Å². The summed E-state index contributed by atoms with van der Waals surface area (Å²) in [4.78, 5) is 16.4. The predicted octanol–water partition coefficient (Wildman–Crippen LogP) is 0.915. The zero-order chi connectivity index (χ0) is 14.0. The standard InChI is InChI=1S/C13H23N5O/c1-9(2)18-6-5-11(8-18)7-17(4)13(19)12-10(3)14-16-15-12/h9,11H,5-8H2,1-4H3,(H,14,15,16)/t11-/m0/s1. The number of nitrogens with zero attached hydrogens (tertiary/aromatic N) is 4. The largest absolute Gasteiger partial charge is 0.340 e. The molecule has 2 heterocycles. The fourth-order valence-electron chi connectivity index (χ4n) is 2.62. The van der Waals surface area contributed by atoms with Gasteiger partial charge in [-0.1, -0.05) is 0 Å². The van der Waals surface area contributed by atoms with Crippen molar-refractivity contribution in [1.29, 1.82) is 0 Å². The van der Waals surface area contributed by atoms with Crippen molar-refractivity contribution in [3.63, 3.8) is 0 Å². The lowest BCUT2D eigenvalue weighted by Crippen LogP contribution is -2.34. The minimum atomic E-state index is -0.0470. The van der Waals surface area contributed by atoms with E-state index in [0.29, 0.717) is 23.3 Å². The van der Waals surface area contributed by atoms with Crippen molar-refractivity contribution in [2.45, 2.75) is 33.2 Å². The molecule has 1 aliphatic rings. The van der Waals surface area contributed by atoms with E-state index < -0.39 is 0 Å². The van der Waals surface area contributed by atoms with Crippen LogP contribution in [0.1, 0.15) is 36.5 Å². The number of amides is 1. The summed E-state index contributed by atoms with van der Waals surface area (Å²) in [6.45, 7) is 9.22. The minimum absolute atomic E-state index is 0.0470. The lowest BCUT2D eigenvalue weighted by Gasteiger charge is -2.23. The van der Waals surface area contributed by atoms with Gasteiger partial charge >= 0.3 is 0 Å². The van der Waals surface area contributed by atoms with Crippen molar-refractivity contribution < 1.29 is 4.79 Å². The molecule has 6 nitrogen and oxygen atoms in total. The van der Waals surface area contributed by atoms with Crippen LogP contribution in [0.2, 0.25) is 0 Å². The molecule has 2 rings (SSSR count). The molecule has 1 atom stereocenters. The maximum Gasteiger partial charge on any atom is 0.276 e. The summed E-state index contributed by atoms with van der Waals surface area (Å²) in [6.07, 6.45) is 1.16. The van der Waals surface area contributed by atoms with Crippen LogP contribution in [-0.4, -0.2) is 63.8 Å². The van der Waals surface area contributed by atoms with Gasteiger partial charge in [0.1, 0.15) is 0 Å². The summed E-state index contributed by atoms with van der Waals surface area (Å²) >= 11 is 0. The first kappa shape index (κ1) is 14.0. The molecule has 1 saturated heterocycles. The van der Waals surface area contributed by atoms with Crippen LogP contribution in [0.15, 0.2) is 0 Å². The van der Waals surface area contributed by atoms with Gasteiger partial charge in [0.15, 0.2) is 5.69 Å². The maximum absolute atomic E-state index is 12.2. The van der Waals surface area contributed by atoms with Gasteiger partial charge in [0, 0.05) is 26.2 Å². The molecule has 0 saturated carbocycles. The third-order valence-electron chi connectivity index (χ3n) is 3.85. The van der Waals surface area contributed by atoms with E-state index in [-0.39, 0.29) is 5.91 Å². The summed E-state index contributed by atoms with van der Waals surface area (Å²) in [6, 6.07) is 0.587. The molecule has 0 aromatic carbocycles. The number of carbonyl (C=O) groups excluding carboxylic acids is 1. The molecule has 1 aromatic rings. The molecular formula is C13H23N5O. The summed E-state index contributed by atoms with van der Waals surface area (Å²) in [5.74, 6) is 0.512. The van der Waals surface area contributed by atoms with Gasteiger partial charge in [-0.2, -0.15) is 15.4 Å². The van der Waals surface area contributed by atoms with Crippen LogP contribution in [0.25, 0.3) is 0 Å². The zero-order valence-corrected chi connectivity index (χ0v) is 12.2. The molecule has 1 N–H and O–H groups in total. The number of nitrogens with one attached hydrogen (secondary N) is 1. The number of carbonyl (C=O) groups is 1. The maximum atomic E-state index is 12.2. The smallest absolute Gasteiger partial charge is 0.276 e. The number of hydrogen-bond donors (Lipinski definition) is 1. The van der Waals surface area contributed by atoms with Gasteiger partial charge in [-0.15, -0.1) is 0 Å². The monoisotopic (exact) mass is 265 g/mol. The van der Waals surface area contributed by atoms with E-state index in [0.717, 1.165) is 26.1 Å². The molecule has 0 aliphatic carbocycles. The second-order valence-corrected chi connectivity index (χ2v) is 5.69. The first-order valence-electron chi connectivity index (χ1n) is 6.86. The lowest BCUT2D eigenvalue weighted by molar-refractivity contribution is 0.0766. The molecule has 1 aliphatic heterocycles. The second-order valence-electron chi connectivity index (χ2n) is 5.69. The molecule has 19 heavy (non-hydrogen) atoms. The van der Waals surface area contributed by atoms with Crippen molar-refractivity contribution >= 4 is 5.91 Å². The van der Waals surface area contributed by atoms with Crippen LogP contribution in [0.4, 0.5) is 0 Å². The zero-order valence-electron chi connectivity index (χ0n) is 12.2. The molecule has 0 spiro atoms. The third-order valence-corrected chi connectivity index (χ3v) is 3.85. The van der Waals surface area contributed by atoms with Crippen molar-refractivity contribution in [1.82, 2.24) is 25.2 Å². The van der Waals surface area contributed by atoms with Crippen LogP contribution in [0.5, 0.6) is 0 Å². The number of likely N-dealkylation sites (tertiary alicyclic amines) is 1. The van der Waals surface area contributed by atoms with E-state index in [2.05, 4.69) is 34.2 Å². The first-order chi connectivity index (χ1) is 8.99. The second kappa shape index (κ2) is 5.69. The van der Waals surface area contributed by atoms with Gasteiger partial charge in [-0.3, -0.25) is 4.79 Å². The summed E-state index contributed by atoms with van der Waals surface area (Å²) < 4.78 is 0. The minimum Gasteiger partial charge on any atom is -0.340 e. The van der Waals surface area contributed by atoms with Crippen LogP contribution in [0, 0.1) is 12.8 Å². The van der Waals surface area contributed by atoms with Gasteiger partial charge in [-0.25, -0.2) is 0 Å². The van der Waals surface area contributed by atoms with Crippen LogP contribution in [-0.2, 0) is 0 Å². The van der Waals surface area contributed by atoms with Gasteiger partial charge in [0.25, 0.3) is 5.91 Å². The summed E-state index contributed by atoms with van der Waals surface area (Å²) in [5, 5.41) is 10.3.